The standard InChI is InChI=1S/C11H11NO3/c1-8-2-3-10-11(15-5-4-14-10)9(8)6-12-7-13/h2-3H,4-6H2,1H3. The van der Waals surface area contributed by atoms with E-state index in [1.807, 2.05) is 19.1 Å². The molecule has 2 rings (SSSR count). The molecular weight excluding hydrogens is 194 g/mol. The summed E-state index contributed by atoms with van der Waals surface area (Å²) in [6.07, 6.45) is 1.53. The summed E-state index contributed by atoms with van der Waals surface area (Å²) < 4.78 is 11.0. The maximum Gasteiger partial charge on any atom is 0.235 e. The van der Waals surface area contributed by atoms with Crippen LogP contribution >= 0.6 is 0 Å². The number of aryl methyl sites for hydroxylation is 1. The highest BCUT2D eigenvalue weighted by atomic mass is 16.6. The fourth-order valence-electron chi connectivity index (χ4n) is 1.58. The number of benzene rings is 1. The molecule has 0 radical (unpaired) electrons. The number of hydrogen-bond acceptors (Lipinski definition) is 4. The van der Waals surface area contributed by atoms with E-state index in [1.54, 1.807) is 0 Å². The van der Waals surface area contributed by atoms with Gasteiger partial charge in [0.05, 0.1) is 6.54 Å². The highest BCUT2D eigenvalue weighted by Crippen LogP contribution is 2.35. The zero-order valence-corrected chi connectivity index (χ0v) is 8.45. The number of nitrogens with zero attached hydrogens (tertiary/aromatic N) is 1. The van der Waals surface area contributed by atoms with E-state index < -0.39 is 0 Å². The lowest BCUT2D eigenvalue weighted by molar-refractivity contribution is 0.170. The van der Waals surface area contributed by atoms with Crippen molar-refractivity contribution in [2.75, 3.05) is 13.2 Å². The van der Waals surface area contributed by atoms with E-state index in [0.717, 1.165) is 16.9 Å². The molecule has 0 amide bonds. The van der Waals surface area contributed by atoms with Crippen molar-refractivity contribution in [1.29, 1.82) is 0 Å². The van der Waals surface area contributed by atoms with Crippen LogP contribution in [0.5, 0.6) is 11.5 Å². The molecule has 4 heteroatoms. The lowest BCUT2D eigenvalue weighted by atomic mass is 10.1. The molecule has 0 aromatic heterocycles. The topological polar surface area (TPSA) is 47.9 Å². The summed E-state index contributed by atoms with van der Waals surface area (Å²) in [4.78, 5) is 13.7. The zero-order chi connectivity index (χ0) is 10.7. The molecule has 1 aliphatic rings. The van der Waals surface area contributed by atoms with Gasteiger partial charge in [-0.25, -0.2) is 9.79 Å². The summed E-state index contributed by atoms with van der Waals surface area (Å²) >= 11 is 0. The molecule has 1 aromatic carbocycles. The predicted octanol–water partition coefficient (Wildman–Crippen LogP) is 1.60. The van der Waals surface area contributed by atoms with E-state index in [2.05, 4.69) is 4.99 Å². The molecule has 1 aliphatic heterocycles. The Bertz CT molecular complexity index is 422. The lowest BCUT2D eigenvalue weighted by Gasteiger charge is -2.21. The fourth-order valence-corrected chi connectivity index (χ4v) is 1.58. The summed E-state index contributed by atoms with van der Waals surface area (Å²) in [6.45, 7) is 3.34. The van der Waals surface area contributed by atoms with E-state index in [1.165, 1.54) is 6.08 Å². The van der Waals surface area contributed by atoms with Gasteiger partial charge in [0, 0.05) is 5.56 Å². The lowest BCUT2D eigenvalue weighted by Crippen LogP contribution is -2.16. The number of rotatable bonds is 2. The first-order chi connectivity index (χ1) is 7.33. The third-order valence-electron chi connectivity index (χ3n) is 2.35. The number of ether oxygens (including phenoxy) is 2. The molecule has 0 unspecified atom stereocenters. The van der Waals surface area contributed by atoms with E-state index in [-0.39, 0.29) is 0 Å². The summed E-state index contributed by atoms with van der Waals surface area (Å²) in [7, 11) is 0. The Morgan fingerprint density at radius 1 is 1.40 bits per heavy atom. The highest BCUT2D eigenvalue weighted by molar-refractivity contribution is 5.51. The molecule has 0 bridgehead atoms. The molecular formula is C11H11NO3. The molecule has 0 N–H and O–H groups in total. The largest absolute Gasteiger partial charge is 0.486 e. The van der Waals surface area contributed by atoms with Gasteiger partial charge in [0.25, 0.3) is 0 Å². The molecule has 0 fully saturated rings. The van der Waals surface area contributed by atoms with Crippen molar-refractivity contribution in [3.05, 3.63) is 23.3 Å². The predicted molar refractivity (Wildman–Crippen MR) is 54.0 cm³/mol. The van der Waals surface area contributed by atoms with Crippen LogP contribution in [0.3, 0.4) is 0 Å². The second kappa shape index (κ2) is 4.15. The van der Waals surface area contributed by atoms with Crippen molar-refractivity contribution >= 4 is 6.08 Å². The zero-order valence-electron chi connectivity index (χ0n) is 8.45. The molecule has 1 aromatic rings. The summed E-state index contributed by atoms with van der Waals surface area (Å²) in [5.74, 6) is 1.43. The first kappa shape index (κ1) is 9.74. The maximum absolute atomic E-state index is 10.1. The number of fused-ring (bicyclic) bond motifs is 1. The first-order valence-corrected chi connectivity index (χ1v) is 4.74. The average Bonchev–Trinajstić information content (AvgIpc) is 2.28. The van der Waals surface area contributed by atoms with Crippen molar-refractivity contribution in [2.24, 2.45) is 4.99 Å². The van der Waals surface area contributed by atoms with Gasteiger partial charge < -0.3 is 9.47 Å². The van der Waals surface area contributed by atoms with Crippen LogP contribution in [-0.2, 0) is 11.3 Å². The number of carbonyl (C=O) groups excluding carboxylic acids is 1. The number of aliphatic imine (C=N–C) groups is 1. The molecule has 15 heavy (non-hydrogen) atoms. The van der Waals surface area contributed by atoms with Gasteiger partial charge in [0.2, 0.25) is 6.08 Å². The van der Waals surface area contributed by atoms with E-state index in [9.17, 15) is 4.79 Å². The molecule has 0 atom stereocenters. The van der Waals surface area contributed by atoms with Crippen molar-refractivity contribution in [2.45, 2.75) is 13.5 Å². The molecule has 1 heterocycles. The Morgan fingerprint density at radius 2 is 2.20 bits per heavy atom. The normalized spacial score (nSPS) is 13.1. The van der Waals surface area contributed by atoms with E-state index in [4.69, 9.17) is 9.47 Å². The van der Waals surface area contributed by atoms with Crippen LogP contribution < -0.4 is 9.47 Å². The molecule has 0 saturated carbocycles. The third-order valence-corrected chi connectivity index (χ3v) is 2.35. The van der Waals surface area contributed by atoms with Crippen LogP contribution in [-0.4, -0.2) is 19.3 Å². The second-order valence-electron chi connectivity index (χ2n) is 3.29. The van der Waals surface area contributed by atoms with Crippen molar-refractivity contribution < 1.29 is 14.3 Å². The van der Waals surface area contributed by atoms with Crippen LogP contribution in [0.25, 0.3) is 0 Å². The van der Waals surface area contributed by atoms with Crippen LogP contribution in [0.1, 0.15) is 11.1 Å². The Balaban J connectivity index is 2.44. The van der Waals surface area contributed by atoms with Crippen molar-refractivity contribution in [3.63, 3.8) is 0 Å². The Hall–Kier alpha value is -1.80. The fraction of sp³-hybridized carbons (Fsp3) is 0.364. The van der Waals surface area contributed by atoms with Crippen LogP contribution in [0.2, 0.25) is 0 Å². The molecule has 4 nitrogen and oxygen atoms in total. The summed E-state index contributed by atoms with van der Waals surface area (Å²) in [5.41, 5.74) is 1.94. The van der Waals surface area contributed by atoms with Gasteiger partial charge in [-0.05, 0) is 18.6 Å². The van der Waals surface area contributed by atoms with Gasteiger partial charge in [-0.3, -0.25) is 0 Å². The molecule has 78 valence electrons. The van der Waals surface area contributed by atoms with Gasteiger partial charge >= 0.3 is 0 Å². The minimum Gasteiger partial charge on any atom is -0.486 e. The molecule has 0 aliphatic carbocycles. The van der Waals surface area contributed by atoms with Crippen molar-refractivity contribution in [1.82, 2.24) is 0 Å². The van der Waals surface area contributed by atoms with Gasteiger partial charge in [-0.15, -0.1) is 0 Å². The smallest absolute Gasteiger partial charge is 0.235 e. The van der Waals surface area contributed by atoms with Crippen molar-refractivity contribution in [3.8, 4) is 11.5 Å². The molecule has 0 saturated heterocycles. The summed E-state index contributed by atoms with van der Waals surface area (Å²) in [5, 5.41) is 0. The monoisotopic (exact) mass is 205 g/mol. The quantitative estimate of drug-likeness (QED) is 0.544. The SMILES string of the molecule is Cc1ccc2c(c1CN=C=O)OCCO2. The second-order valence-corrected chi connectivity index (χ2v) is 3.29. The number of hydrogen-bond donors (Lipinski definition) is 0. The minimum absolute atomic E-state index is 0.294. The molecule has 0 spiro atoms. The summed E-state index contributed by atoms with van der Waals surface area (Å²) in [6, 6.07) is 3.81. The maximum atomic E-state index is 10.1. The van der Waals surface area contributed by atoms with Gasteiger partial charge in [-0.1, -0.05) is 6.07 Å². The van der Waals surface area contributed by atoms with E-state index in [0.29, 0.717) is 25.5 Å². The van der Waals surface area contributed by atoms with Gasteiger partial charge in [-0.2, -0.15) is 0 Å². The van der Waals surface area contributed by atoms with Crippen LogP contribution in [0.15, 0.2) is 17.1 Å². The Labute approximate surface area is 87.5 Å². The number of isocyanates is 1. The van der Waals surface area contributed by atoms with E-state index >= 15 is 0 Å². The van der Waals surface area contributed by atoms with Crippen LogP contribution in [0, 0.1) is 6.92 Å². The Morgan fingerprint density at radius 3 is 3.00 bits per heavy atom. The highest BCUT2D eigenvalue weighted by Gasteiger charge is 2.17. The van der Waals surface area contributed by atoms with Gasteiger partial charge in [0.15, 0.2) is 11.5 Å². The third kappa shape index (κ3) is 1.85. The van der Waals surface area contributed by atoms with Crippen LogP contribution in [0.4, 0.5) is 0 Å². The Kier molecular flexibility index (Phi) is 2.70. The average molecular weight is 205 g/mol. The minimum atomic E-state index is 0.294. The first-order valence-electron chi connectivity index (χ1n) is 4.74. The van der Waals surface area contributed by atoms with Gasteiger partial charge in [0.1, 0.15) is 13.2 Å².